The Morgan fingerprint density at radius 1 is 1.09 bits per heavy atom. The molecule has 7 nitrogen and oxygen atoms in total. The molecule has 2 aromatic rings. The number of carbonyl (C=O) groups is 2. The second-order valence-electron chi connectivity index (χ2n) is 7.50. The number of amides is 2. The van der Waals surface area contributed by atoms with Gasteiger partial charge in [0.15, 0.2) is 0 Å². The molecule has 0 saturated carbocycles. The van der Waals surface area contributed by atoms with Crippen LogP contribution in [0.15, 0.2) is 66.1 Å². The van der Waals surface area contributed by atoms with Crippen LogP contribution in [0.25, 0.3) is 0 Å². The number of nitrogens with one attached hydrogen (secondary N) is 2. The Morgan fingerprint density at radius 3 is 2.27 bits per heavy atom. The van der Waals surface area contributed by atoms with Crippen molar-refractivity contribution in [1.29, 1.82) is 0 Å². The summed E-state index contributed by atoms with van der Waals surface area (Å²) in [6.45, 7) is 7.64. The van der Waals surface area contributed by atoms with E-state index in [2.05, 4.69) is 16.6 Å². The Labute approximate surface area is 194 Å². The lowest BCUT2D eigenvalue weighted by Gasteiger charge is -2.29. The monoisotopic (exact) mass is 475 g/mol. The summed E-state index contributed by atoms with van der Waals surface area (Å²) in [6, 6.07) is 11.4. The Hall–Kier alpha value is -3.04. The van der Waals surface area contributed by atoms with Crippen LogP contribution >= 0.6 is 0 Å². The summed E-state index contributed by atoms with van der Waals surface area (Å²) < 4.78 is 39.8. The Bertz CT molecular complexity index is 1050. The van der Waals surface area contributed by atoms with Crippen LogP contribution in [0.1, 0.15) is 31.4 Å². The molecular formula is C24H30FN3O4S. The number of carbonyl (C=O) groups excluding carboxylic acids is 2. The predicted molar refractivity (Wildman–Crippen MR) is 125 cm³/mol. The van der Waals surface area contributed by atoms with Crippen molar-refractivity contribution in [2.45, 2.75) is 44.2 Å². The second-order valence-corrected chi connectivity index (χ2v) is 9.27. The zero-order valence-corrected chi connectivity index (χ0v) is 19.7. The van der Waals surface area contributed by atoms with Gasteiger partial charge in [0.2, 0.25) is 21.8 Å². The fraction of sp³-hybridized carbons (Fsp3) is 0.333. The fourth-order valence-corrected chi connectivity index (χ4v) is 4.23. The molecule has 0 aliphatic rings. The van der Waals surface area contributed by atoms with E-state index in [0.717, 1.165) is 5.56 Å². The average Bonchev–Trinajstić information content (AvgIpc) is 2.80. The molecule has 2 N–H and O–H groups in total. The van der Waals surface area contributed by atoms with Crippen molar-refractivity contribution < 1.29 is 22.4 Å². The third kappa shape index (κ3) is 7.80. The van der Waals surface area contributed by atoms with Crippen molar-refractivity contribution in [2.24, 2.45) is 0 Å². The van der Waals surface area contributed by atoms with E-state index in [9.17, 15) is 22.4 Å². The van der Waals surface area contributed by atoms with E-state index in [-0.39, 0.29) is 42.0 Å². The Morgan fingerprint density at radius 2 is 1.70 bits per heavy atom. The molecule has 1 atom stereocenters. The summed E-state index contributed by atoms with van der Waals surface area (Å²) in [4.78, 5) is 27.2. The molecule has 0 aromatic heterocycles. The molecule has 178 valence electrons. The molecule has 0 saturated heterocycles. The zero-order valence-electron chi connectivity index (χ0n) is 18.9. The van der Waals surface area contributed by atoms with Crippen LogP contribution < -0.4 is 10.0 Å². The van der Waals surface area contributed by atoms with E-state index >= 15 is 0 Å². The van der Waals surface area contributed by atoms with Crippen LogP contribution in [0.4, 0.5) is 4.39 Å². The number of hydrogen-bond donors (Lipinski definition) is 2. The molecule has 33 heavy (non-hydrogen) atoms. The standard InChI is InChI=1S/C24H30FN3O4S/c1-4-16-26-24(30)18(3)28(17-20-6-11-21(25)12-7-20)23(29)15-10-19-8-13-22(14-9-19)33(31,32)27-5-2/h4,6-9,11-14,18,27H,1,5,10,15-17H2,2-3H3,(H,26,30)/t18-/m0/s1. The van der Waals surface area contributed by atoms with Crippen molar-refractivity contribution in [2.75, 3.05) is 13.1 Å². The van der Waals surface area contributed by atoms with E-state index in [0.29, 0.717) is 18.5 Å². The third-order valence-electron chi connectivity index (χ3n) is 5.05. The third-order valence-corrected chi connectivity index (χ3v) is 6.61. The fourth-order valence-electron chi connectivity index (χ4n) is 3.19. The molecule has 0 fully saturated rings. The normalized spacial score (nSPS) is 12.1. The minimum atomic E-state index is -3.54. The van der Waals surface area contributed by atoms with Gasteiger partial charge in [-0.15, -0.1) is 6.58 Å². The number of hydrogen-bond acceptors (Lipinski definition) is 4. The van der Waals surface area contributed by atoms with Gasteiger partial charge < -0.3 is 10.2 Å². The van der Waals surface area contributed by atoms with Crippen molar-refractivity contribution in [1.82, 2.24) is 14.9 Å². The van der Waals surface area contributed by atoms with Gasteiger partial charge in [-0.2, -0.15) is 0 Å². The molecule has 2 aromatic carbocycles. The first-order chi connectivity index (χ1) is 15.7. The largest absolute Gasteiger partial charge is 0.351 e. The Balaban J connectivity index is 2.12. The van der Waals surface area contributed by atoms with E-state index in [1.54, 1.807) is 44.2 Å². The summed E-state index contributed by atoms with van der Waals surface area (Å²) in [5.74, 6) is -0.943. The number of sulfonamides is 1. The van der Waals surface area contributed by atoms with E-state index in [1.807, 2.05) is 0 Å². The topological polar surface area (TPSA) is 95.6 Å². The van der Waals surface area contributed by atoms with E-state index in [1.165, 1.54) is 29.2 Å². The highest BCUT2D eigenvalue weighted by Gasteiger charge is 2.25. The molecule has 0 bridgehead atoms. The van der Waals surface area contributed by atoms with Gasteiger partial charge >= 0.3 is 0 Å². The second kappa shape index (κ2) is 12.3. The average molecular weight is 476 g/mol. The molecule has 9 heteroatoms. The van der Waals surface area contributed by atoms with Crippen molar-refractivity contribution in [3.8, 4) is 0 Å². The quantitative estimate of drug-likeness (QED) is 0.462. The first-order valence-electron chi connectivity index (χ1n) is 10.7. The van der Waals surface area contributed by atoms with Gasteiger partial charge in [-0.25, -0.2) is 17.5 Å². The maximum absolute atomic E-state index is 13.3. The minimum Gasteiger partial charge on any atom is -0.351 e. The molecular weight excluding hydrogens is 445 g/mol. The summed E-state index contributed by atoms with van der Waals surface area (Å²) in [6.07, 6.45) is 2.05. The van der Waals surface area contributed by atoms with Crippen molar-refractivity contribution >= 4 is 21.8 Å². The highest BCUT2D eigenvalue weighted by Crippen LogP contribution is 2.15. The number of aryl methyl sites for hydroxylation is 1. The molecule has 2 rings (SSSR count). The maximum Gasteiger partial charge on any atom is 0.242 e. The van der Waals surface area contributed by atoms with Gasteiger partial charge in [-0.3, -0.25) is 9.59 Å². The molecule has 0 spiro atoms. The van der Waals surface area contributed by atoms with Gasteiger partial charge in [0.05, 0.1) is 4.90 Å². The Kier molecular flexibility index (Phi) is 9.74. The van der Waals surface area contributed by atoms with Crippen LogP contribution in [0.5, 0.6) is 0 Å². The summed E-state index contributed by atoms with van der Waals surface area (Å²) in [5.41, 5.74) is 1.50. The van der Waals surface area contributed by atoms with E-state index in [4.69, 9.17) is 0 Å². The molecule has 0 aliphatic carbocycles. The first-order valence-corrected chi connectivity index (χ1v) is 12.2. The number of rotatable bonds is 12. The van der Waals surface area contributed by atoms with Crippen LogP contribution in [0.2, 0.25) is 0 Å². The van der Waals surface area contributed by atoms with Gasteiger partial charge in [0.25, 0.3) is 0 Å². The summed E-state index contributed by atoms with van der Waals surface area (Å²) in [5, 5.41) is 2.69. The lowest BCUT2D eigenvalue weighted by molar-refractivity contribution is -0.140. The molecule has 0 heterocycles. The highest BCUT2D eigenvalue weighted by molar-refractivity contribution is 7.89. The van der Waals surface area contributed by atoms with Gasteiger partial charge in [-0.05, 0) is 48.7 Å². The van der Waals surface area contributed by atoms with Crippen LogP contribution in [-0.2, 0) is 32.6 Å². The van der Waals surface area contributed by atoms with Crippen LogP contribution in [-0.4, -0.2) is 44.3 Å². The predicted octanol–water partition coefficient (Wildman–Crippen LogP) is 2.78. The smallest absolute Gasteiger partial charge is 0.242 e. The van der Waals surface area contributed by atoms with Gasteiger partial charge in [0, 0.05) is 26.1 Å². The maximum atomic E-state index is 13.3. The van der Waals surface area contributed by atoms with Gasteiger partial charge in [-0.1, -0.05) is 37.3 Å². The number of nitrogens with zero attached hydrogens (tertiary/aromatic N) is 1. The minimum absolute atomic E-state index is 0.125. The SMILES string of the molecule is C=CCNC(=O)[C@H](C)N(Cc1ccc(F)cc1)C(=O)CCc1ccc(S(=O)(=O)NCC)cc1. The molecule has 0 aliphatic heterocycles. The van der Waals surface area contributed by atoms with Crippen LogP contribution in [0.3, 0.4) is 0 Å². The van der Waals surface area contributed by atoms with Gasteiger partial charge in [0.1, 0.15) is 11.9 Å². The zero-order chi connectivity index (χ0) is 24.4. The summed E-state index contributed by atoms with van der Waals surface area (Å²) >= 11 is 0. The number of benzene rings is 2. The van der Waals surface area contributed by atoms with Crippen LogP contribution in [0, 0.1) is 5.82 Å². The lowest BCUT2D eigenvalue weighted by atomic mass is 10.1. The highest BCUT2D eigenvalue weighted by atomic mass is 32.2. The van der Waals surface area contributed by atoms with E-state index < -0.39 is 16.1 Å². The van der Waals surface area contributed by atoms with Crippen molar-refractivity contribution in [3.05, 3.63) is 78.1 Å². The molecule has 0 radical (unpaired) electrons. The lowest BCUT2D eigenvalue weighted by Crippen LogP contribution is -2.47. The molecule has 2 amide bonds. The van der Waals surface area contributed by atoms with Crippen molar-refractivity contribution in [3.63, 3.8) is 0 Å². The number of halogens is 1. The summed E-state index contributed by atoms with van der Waals surface area (Å²) in [7, 11) is -3.54. The molecule has 0 unspecified atom stereocenters. The first kappa shape index (κ1) is 26.2.